The Morgan fingerprint density at radius 2 is 2.00 bits per heavy atom. The second-order valence-electron chi connectivity index (χ2n) is 7.88. The number of Topliss-reactive ketones (excluding diaryl/α,β-unsaturated/α-hetero) is 1. The molecule has 7 nitrogen and oxygen atoms in total. The van der Waals surface area contributed by atoms with Crippen LogP contribution < -0.4 is 4.74 Å². The number of amides is 1. The highest BCUT2D eigenvalue weighted by Gasteiger charge is 2.34. The van der Waals surface area contributed by atoms with Gasteiger partial charge in [-0.3, -0.25) is 9.59 Å². The number of hydrogen-bond donors (Lipinski definition) is 0. The predicted molar refractivity (Wildman–Crippen MR) is 124 cm³/mol. The molecule has 0 aliphatic carbocycles. The van der Waals surface area contributed by atoms with Gasteiger partial charge in [-0.1, -0.05) is 12.1 Å². The van der Waals surface area contributed by atoms with Crippen molar-refractivity contribution in [2.75, 3.05) is 19.4 Å². The van der Waals surface area contributed by atoms with Crippen molar-refractivity contribution in [2.45, 2.75) is 31.6 Å². The van der Waals surface area contributed by atoms with Crippen molar-refractivity contribution < 1.29 is 22.7 Å². The standard InChI is InChI=1S/C23H24N2O5S2/c1-15(26)16-9-10-20(30-2)17(12-16)13-32(28,29)14-22(27)25-11-5-7-19(25)23-24-18-6-3-4-8-21(18)31-23/h3-4,6,8-10,12,19H,5,7,11,13-14H2,1-2H3. The lowest BCUT2D eigenvalue weighted by Gasteiger charge is -2.23. The minimum Gasteiger partial charge on any atom is -0.496 e. The second kappa shape index (κ2) is 8.99. The molecule has 168 valence electrons. The average Bonchev–Trinajstić information content (AvgIpc) is 3.39. The van der Waals surface area contributed by atoms with Gasteiger partial charge in [-0.15, -0.1) is 11.3 Å². The van der Waals surface area contributed by atoms with Gasteiger partial charge >= 0.3 is 0 Å². The maximum absolute atomic E-state index is 13.0. The SMILES string of the molecule is COc1ccc(C(C)=O)cc1CS(=O)(=O)CC(=O)N1CCCC1c1nc2ccccc2s1. The Bertz CT molecular complexity index is 1250. The number of carbonyl (C=O) groups excluding carboxylic acids is 2. The van der Waals surface area contributed by atoms with E-state index in [2.05, 4.69) is 4.98 Å². The molecule has 0 N–H and O–H groups in total. The third kappa shape index (κ3) is 4.68. The van der Waals surface area contributed by atoms with E-state index in [1.165, 1.54) is 20.1 Å². The highest BCUT2D eigenvalue weighted by molar-refractivity contribution is 7.91. The predicted octanol–water partition coefficient (Wildman–Crippen LogP) is 3.79. The van der Waals surface area contributed by atoms with Gasteiger partial charge in [-0.2, -0.15) is 0 Å². The van der Waals surface area contributed by atoms with E-state index in [0.717, 1.165) is 28.1 Å². The Labute approximate surface area is 190 Å². The summed E-state index contributed by atoms with van der Waals surface area (Å²) < 4.78 is 32.1. The molecule has 4 rings (SSSR count). The number of hydrogen-bond acceptors (Lipinski definition) is 7. The summed E-state index contributed by atoms with van der Waals surface area (Å²) in [5, 5.41) is 0.838. The third-order valence-corrected chi connectivity index (χ3v) is 8.15. The number of likely N-dealkylation sites (tertiary alicyclic amines) is 1. The molecule has 32 heavy (non-hydrogen) atoms. The molecule has 1 aromatic heterocycles. The first-order valence-corrected chi connectivity index (χ1v) is 12.9. The number of para-hydroxylation sites is 1. The summed E-state index contributed by atoms with van der Waals surface area (Å²) in [7, 11) is -2.33. The number of fused-ring (bicyclic) bond motifs is 1. The maximum atomic E-state index is 13.0. The number of thiazole rings is 1. The number of sulfone groups is 1. The van der Waals surface area contributed by atoms with Gasteiger partial charge in [-0.25, -0.2) is 13.4 Å². The summed E-state index contributed by atoms with van der Waals surface area (Å²) >= 11 is 1.54. The second-order valence-corrected chi connectivity index (χ2v) is 11.0. The van der Waals surface area contributed by atoms with Crippen LogP contribution in [0.2, 0.25) is 0 Å². The Balaban J connectivity index is 1.52. The van der Waals surface area contributed by atoms with Crippen LogP contribution in [0.15, 0.2) is 42.5 Å². The molecule has 1 atom stereocenters. The molecule has 0 bridgehead atoms. The molecule has 9 heteroatoms. The maximum Gasteiger partial charge on any atom is 0.238 e. The fraction of sp³-hybridized carbons (Fsp3) is 0.348. The number of rotatable bonds is 7. The summed E-state index contributed by atoms with van der Waals surface area (Å²) in [6, 6.07) is 12.3. The quantitative estimate of drug-likeness (QED) is 0.486. The van der Waals surface area contributed by atoms with Crippen LogP contribution in [-0.4, -0.2) is 49.4 Å². The van der Waals surface area contributed by atoms with Crippen LogP contribution >= 0.6 is 11.3 Å². The lowest BCUT2D eigenvalue weighted by molar-refractivity contribution is -0.129. The number of ether oxygens (including phenoxy) is 1. The molecule has 2 heterocycles. The molecule has 1 unspecified atom stereocenters. The zero-order chi connectivity index (χ0) is 22.9. The highest BCUT2D eigenvalue weighted by Crippen LogP contribution is 2.36. The Morgan fingerprint density at radius 3 is 2.72 bits per heavy atom. The number of benzene rings is 2. The Morgan fingerprint density at radius 1 is 1.22 bits per heavy atom. The van der Waals surface area contributed by atoms with Crippen LogP contribution in [0.25, 0.3) is 10.2 Å². The van der Waals surface area contributed by atoms with Gasteiger partial charge in [0.2, 0.25) is 5.91 Å². The van der Waals surface area contributed by atoms with Gasteiger partial charge in [0.05, 0.1) is 29.1 Å². The lowest BCUT2D eigenvalue weighted by Crippen LogP contribution is -2.35. The zero-order valence-electron chi connectivity index (χ0n) is 17.9. The molecule has 3 aromatic rings. The minimum atomic E-state index is -3.78. The summed E-state index contributed by atoms with van der Waals surface area (Å²) in [4.78, 5) is 31.0. The van der Waals surface area contributed by atoms with Crippen LogP contribution in [0.3, 0.4) is 0 Å². The topological polar surface area (TPSA) is 93.6 Å². The molecule has 1 amide bonds. The van der Waals surface area contributed by atoms with E-state index in [-0.39, 0.29) is 17.6 Å². The van der Waals surface area contributed by atoms with Crippen molar-refractivity contribution in [3.8, 4) is 5.75 Å². The van der Waals surface area contributed by atoms with Gasteiger partial charge in [0.25, 0.3) is 0 Å². The molecule has 0 radical (unpaired) electrons. The number of nitrogens with zero attached hydrogens (tertiary/aromatic N) is 2. The van der Waals surface area contributed by atoms with E-state index in [1.807, 2.05) is 24.3 Å². The van der Waals surface area contributed by atoms with Gasteiger partial charge in [0.15, 0.2) is 15.6 Å². The molecule has 1 aliphatic heterocycles. The van der Waals surface area contributed by atoms with Crippen LogP contribution in [0.1, 0.15) is 46.7 Å². The van der Waals surface area contributed by atoms with Gasteiger partial charge < -0.3 is 9.64 Å². The van der Waals surface area contributed by atoms with Gasteiger partial charge in [-0.05, 0) is 50.1 Å². The van der Waals surface area contributed by atoms with Crippen LogP contribution in [0, 0.1) is 0 Å². The Kier molecular flexibility index (Phi) is 6.30. The Hall–Kier alpha value is -2.78. The van der Waals surface area contributed by atoms with Gasteiger partial charge in [0.1, 0.15) is 16.5 Å². The first kappa shape index (κ1) is 22.4. The normalized spacial score (nSPS) is 16.4. The average molecular weight is 473 g/mol. The van der Waals surface area contributed by atoms with E-state index >= 15 is 0 Å². The molecule has 0 saturated carbocycles. The summed E-state index contributed by atoms with van der Waals surface area (Å²) in [5.74, 6) is -1.18. The van der Waals surface area contributed by atoms with Crippen molar-refractivity contribution in [3.63, 3.8) is 0 Å². The van der Waals surface area contributed by atoms with Crippen molar-refractivity contribution in [1.29, 1.82) is 0 Å². The fourth-order valence-electron chi connectivity index (χ4n) is 4.02. The largest absolute Gasteiger partial charge is 0.496 e. The van der Waals surface area contributed by atoms with E-state index in [9.17, 15) is 18.0 Å². The monoisotopic (exact) mass is 472 g/mol. The number of carbonyl (C=O) groups is 2. The van der Waals surface area contributed by atoms with E-state index in [4.69, 9.17) is 4.74 Å². The molecular weight excluding hydrogens is 448 g/mol. The van der Waals surface area contributed by atoms with E-state index in [1.54, 1.807) is 28.4 Å². The van der Waals surface area contributed by atoms with Crippen molar-refractivity contribution in [2.24, 2.45) is 0 Å². The van der Waals surface area contributed by atoms with E-state index in [0.29, 0.717) is 23.4 Å². The molecule has 1 aliphatic rings. The summed E-state index contributed by atoms with van der Waals surface area (Å²) in [6.07, 6.45) is 1.57. The summed E-state index contributed by atoms with van der Waals surface area (Å²) in [5.41, 5.74) is 1.66. The smallest absolute Gasteiger partial charge is 0.238 e. The first-order chi connectivity index (χ1) is 15.3. The molecule has 1 fully saturated rings. The van der Waals surface area contributed by atoms with E-state index < -0.39 is 21.5 Å². The number of methoxy groups -OCH3 is 1. The third-order valence-electron chi connectivity index (χ3n) is 5.57. The number of aromatic nitrogens is 1. The minimum absolute atomic E-state index is 0.168. The fourth-order valence-corrected chi connectivity index (χ4v) is 6.48. The van der Waals surface area contributed by atoms with Gasteiger partial charge in [0, 0.05) is 17.7 Å². The van der Waals surface area contributed by atoms with Crippen LogP contribution in [0.5, 0.6) is 5.75 Å². The molecule has 0 spiro atoms. The molecule has 1 saturated heterocycles. The van der Waals surface area contributed by atoms with Crippen molar-refractivity contribution in [1.82, 2.24) is 9.88 Å². The molecular formula is C23H24N2O5S2. The number of ketones is 1. The first-order valence-electron chi connectivity index (χ1n) is 10.3. The van der Waals surface area contributed by atoms with Crippen LogP contribution in [0.4, 0.5) is 0 Å². The zero-order valence-corrected chi connectivity index (χ0v) is 19.5. The summed E-state index contributed by atoms with van der Waals surface area (Å²) in [6.45, 7) is 1.93. The lowest BCUT2D eigenvalue weighted by atomic mass is 10.1. The van der Waals surface area contributed by atoms with Crippen LogP contribution in [-0.2, 0) is 20.4 Å². The molecule has 2 aromatic carbocycles. The van der Waals surface area contributed by atoms with Crippen molar-refractivity contribution >= 4 is 43.1 Å². The highest BCUT2D eigenvalue weighted by atomic mass is 32.2. The van der Waals surface area contributed by atoms with Crippen molar-refractivity contribution in [3.05, 3.63) is 58.6 Å².